The Kier molecular flexibility index (Phi) is 6.41. The van der Waals surface area contributed by atoms with E-state index in [2.05, 4.69) is 26.3 Å². The normalized spacial score (nSPS) is 13.3. The van der Waals surface area contributed by atoms with Gasteiger partial charge in [-0.05, 0) is 73.2 Å². The number of rotatable bonds is 5. The Bertz CT molecular complexity index is 1510. The molecule has 3 aromatic carbocycles. The number of carbonyl (C=O) groups excluding carboxylic acids is 2. The van der Waals surface area contributed by atoms with Crippen LogP contribution in [0.15, 0.2) is 72.9 Å². The SMILES string of the molecule is Cc1ccc(NC(=O)Nc2cc(Cl)ccc2Cl)cc1Nc1ccc2c(c1)NC(=O)/C2=C\c1ccc[nH]1. The molecular weight excluding hydrogens is 497 g/mol. The van der Waals surface area contributed by atoms with E-state index in [1.807, 2.05) is 61.7 Å². The number of hydrogen-bond donors (Lipinski definition) is 5. The molecule has 180 valence electrons. The van der Waals surface area contributed by atoms with E-state index in [1.165, 1.54) is 0 Å². The number of carbonyl (C=O) groups is 2. The molecule has 36 heavy (non-hydrogen) atoms. The fraction of sp³-hybridized carbons (Fsp3) is 0.0370. The average Bonchev–Trinajstić information content (AvgIpc) is 3.46. The molecule has 2 heterocycles. The number of benzene rings is 3. The molecule has 0 saturated heterocycles. The van der Waals surface area contributed by atoms with E-state index in [-0.39, 0.29) is 5.91 Å². The summed E-state index contributed by atoms with van der Waals surface area (Å²) in [6, 6.07) is 19.4. The topological polar surface area (TPSA) is 98.0 Å². The van der Waals surface area contributed by atoms with E-state index in [0.29, 0.717) is 27.0 Å². The van der Waals surface area contributed by atoms with Gasteiger partial charge in [-0.1, -0.05) is 35.3 Å². The predicted molar refractivity (Wildman–Crippen MR) is 147 cm³/mol. The summed E-state index contributed by atoms with van der Waals surface area (Å²) in [5, 5.41) is 12.7. The molecular formula is C27H21Cl2N5O2. The number of aromatic nitrogens is 1. The molecule has 9 heteroatoms. The first-order valence-electron chi connectivity index (χ1n) is 11.1. The quantitative estimate of drug-likeness (QED) is 0.177. The number of anilines is 5. The summed E-state index contributed by atoms with van der Waals surface area (Å²) in [6.45, 7) is 1.96. The van der Waals surface area contributed by atoms with Crippen molar-refractivity contribution in [1.29, 1.82) is 0 Å². The molecule has 0 saturated carbocycles. The second-order valence-corrected chi connectivity index (χ2v) is 9.10. The molecule has 0 atom stereocenters. The van der Waals surface area contributed by atoms with Gasteiger partial charge in [0.1, 0.15) is 0 Å². The van der Waals surface area contributed by atoms with Crippen LogP contribution in [0.5, 0.6) is 0 Å². The van der Waals surface area contributed by atoms with Gasteiger partial charge in [0.2, 0.25) is 0 Å². The molecule has 7 nitrogen and oxygen atoms in total. The second-order valence-electron chi connectivity index (χ2n) is 8.26. The smallest absolute Gasteiger partial charge is 0.323 e. The molecule has 5 rings (SSSR count). The van der Waals surface area contributed by atoms with Gasteiger partial charge in [-0.25, -0.2) is 4.79 Å². The van der Waals surface area contributed by atoms with E-state index >= 15 is 0 Å². The fourth-order valence-corrected chi connectivity index (χ4v) is 4.21. The van der Waals surface area contributed by atoms with E-state index in [9.17, 15) is 9.59 Å². The summed E-state index contributed by atoms with van der Waals surface area (Å²) < 4.78 is 0. The van der Waals surface area contributed by atoms with Gasteiger partial charge < -0.3 is 26.3 Å². The van der Waals surface area contributed by atoms with E-state index in [4.69, 9.17) is 23.2 Å². The van der Waals surface area contributed by atoms with Crippen LogP contribution in [-0.4, -0.2) is 16.9 Å². The van der Waals surface area contributed by atoms with Gasteiger partial charge in [-0.15, -0.1) is 0 Å². The number of nitrogens with one attached hydrogen (secondary N) is 5. The Morgan fingerprint density at radius 2 is 1.75 bits per heavy atom. The third-order valence-electron chi connectivity index (χ3n) is 5.68. The number of hydrogen-bond acceptors (Lipinski definition) is 3. The lowest BCUT2D eigenvalue weighted by atomic mass is 10.1. The molecule has 0 bridgehead atoms. The highest BCUT2D eigenvalue weighted by atomic mass is 35.5. The number of amides is 3. The number of fused-ring (bicyclic) bond motifs is 1. The lowest BCUT2D eigenvalue weighted by molar-refractivity contribution is -0.110. The highest BCUT2D eigenvalue weighted by molar-refractivity contribution is 6.36. The summed E-state index contributed by atoms with van der Waals surface area (Å²) >= 11 is 12.1. The Hall–Kier alpha value is -4.20. The van der Waals surface area contributed by atoms with Gasteiger partial charge in [0.15, 0.2) is 0 Å². The lowest BCUT2D eigenvalue weighted by Gasteiger charge is -2.14. The molecule has 3 amide bonds. The molecule has 0 unspecified atom stereocenters. The van der Waals surface area contributed by atoms with Crippen molar-refractivity contribution in [1.82, 2.24) is 4.98 Å². The summed E-state index contributed by atoms with van der Waals surface area (Å²) in [7, 11) is 0. The van der Waals surface area contributed by atoms with E-state index in [0.717, 1.165) is 33.9 Å². The minimum Gasteiger partial charge on any atom is -0.362 e. The second kappa shape index (κ2) is 9.81. The maximum atomic E-state index is 12.5. The summed E-state index contributed by atoms with van der Waals surface area (Å²) in [5.74, 6) is -0.148. The number of halogens is 2. The van der Waals surface area contributed by atoms with Crippen molar-refractivity contribution >= 4 is 75.2 Å². The molecule has 4 aromatic rings. The minimum absolute atomic E-state index is 0.148. The molecule has 1 aliphatic rings. The van der Waals surface area contributed by atoms with Crippen molar-refractivity contribution in [3.8, 4) is 0 Å². The van der Waals surface area contributed by atoms with Crippen molar-refractivity contribution in [2.24, 2.45) is 0 Å². The molecule has 0 fully saturated rings. The van der Waals surface area contributed by atoms with Crippen molar-refractivity contribution in [3.05, 3.63) is 99.8 Å². The molecule has 0 spiro atoms. The van der Waals surface area contributed by atoms with E-state index in [1.54, 1.807) is 24.3 Å². The number of H-pyrrole nitrogens is 1. The van der Waals surface area contributed by atoms with Crippen LogP contribution in [0.2, 0.25) is 10.0 Å². The van der Waals surface area contributed by atoms with Crippen LogP contribution in [0, 0.1) is 6.92 Å². The zero-order valence-corrected chi connectivity index (χ0v) is 20.6. The minimum atomic E-state index is -0.449. The van der Waals surface area contributed by atoms with Gasteiger partial charge in [0.25, 0.3) is 5.91 Å². The predicted octanol–water partition coefficient (Wildman–Crippen LogP) is 7.51. The maximum Gasteiger partial charge on any atom is 0.323 e. The van der Waals surface area contributed by atoms with Gasteiger partial charge in [0.05, 0.1) is 22.0 Å². The highest BCUT2D eigenvalue weighted by Crippen LogP contribution is 2.36. The molecule has 1 aliphatic heterocycles. The molecule has 5 N–H and O–H groups in total. The van der Waals surface area contributed by atoms with Crippen molar-refractivity contribution in [2.45, 2.75) is 6.92 Å². The fourth-order valence-electron chi connectivity index (χ4n) is 3.87. The first-order valence-corrected chi connectivity index (χ1v) is 11.8. The number of aryl methyl sites for hydroxylation is 1. The zero-order valence-electron chi connectivity index (χ0n) is 19.1. The number of urea groups is 1. The Morgan fingerprint density at radius 3 is 2.56 bits per heavy atom. The van der Waals surface area contributed by atoms with Crippen LogP contribution in [0.1, 0.15) is 16.8 Å². The lowest BCUT2D eigenvalue weighted by Crippen LogP contribution is -2.19. The van der Waals surface area contributed by atoms with Crippen LogP contribution in [0.25, 0.3) is 11.6 Å². The van der Waals surface area contributed by atoms with Gasteiger partial charge in [-0.2, -0.15) is 0 Å². The summed E-state index contributed by atoms with van der Waals surface area (Å²) in [6.07, 6.45) is 3.64. The van der Waals surface area contributed by atoms with E-state index < -0.39 is 6.03 Å². The van der Waals surface area contributed by atoms with Crippen molar-refractivity contribution < 1.29 is 9.59 Å². The first-order chi connectivity index (χ1) is 17.4. The van der Waals surface area contributed by atoms with Crippen LogP contribution in [-0.2, 0) is 4.79 Å². The number of aromatic amines is 1. The third kappa shape index (κ3) is 5.07. The summed E-state index contributed by atoms with van der Waals surface area (Å²) in [4.78, 5) is 28.1. The Balaban J connectivity index is 1.32. The molecule has 0 radical (unpaired) electrons. The van der Waals surface area contributed by atoms with Gasteiger partial charge in [0, 0.05) is 39.5 Å². The summed E-state index contributed by atoms with van der Waals surface area (Å²) in [5.41, 5.74) is 6.61. The van der Waals surface area contributed by atoms with Gasteiger partial charge >= 0.3 is 6.03 Å². The van der Waals surface area contributed by atoms with Crippen LogP contribution >= 0.6 is 23.2 Å². The largest absolute Gasteiger partial charge is 0.362 e. The van der Waals surface area contributed by atoms with Crippen molar-refractivity contribution in [3.63, 3.8) is 0 Å². The zero-order chi connectivity index (χ0) is 25.2. The Morgan fingerprint density at radius 1 is 0.917 bits per heavy atom. The standard InChI is InChI=1S/C27H21Cl2N5O2/c1-15-4-6-19(32-27(36)34-25-11-16(28)5-9-22(25)29)13-23(15)31-18-7-8-20-21(12-17-3-2-10-30-17)26(35)33-24(20)14-18/h2-14,30-31H,1H3,(H,33,35)(H2,32,34,36)/b21-12-. The first kappa shape index (κ1) is 23.5. The average molecular weight is 518 g/mol. The highest BCUT2D eigenvalue weighted by Gasteiger charge is 2.24. The Labute approximate surface area is 217 Å². The van der Waals surface area contributed by atoms with Crippen LogP contribution < -0.4 is 21.3 Å². The van der Waals surface area contributed by atoms with Gasteiger partial charge in [-0.3, -0.25) is 4.79 Å². The molecule has 1 aromatic heterocycles. The maximum absolute atomic E-state index is 12.5. The third-order valence-corrected chi connectivity index (χ3v) is 6.24. The van der Waals surface area contributed by atoms with Crippen molar-refractivity contribution in [2.75, 3.05) is 21.3 Å². The van der Waals surface area contributed by atoms with Crippen LogP contribution in [0.3, 0.4) is 0 Å². The molecule has 0 aliphatic carbocycles. The monoisotopic (exact) mass is 517 g/mol. The van der Waals surface area contributed by atoms with Crippen LogP contribution in [0.4, 0.5) is 33.2 Å².